The van der Waals surface area contributed by atoms with Gasteiger partial charge in [-0.3, -0.25) is 4.79 Å². The molecule has 1 aromatic carbocycles. The van der Waals surface area contributed by atoms with E-state index >= 15 is 0 Å². The molecule has 7 heteroatoms. The molecular weight excluding hydrogens is 352 g/mol. The average Bonchev–Trinajstić information content (AvgIpc) is 2.61. The van der Waals surface area contributed by atoms with Crippen LogP contribution in [0.4, 0.5) is 0 Å². The second-order valence-corrected chi connectivity index (χ2v) is 8.96. The molecule has 6 nitrogen and oxygen atoms in total. The lowest BCUT2D eigenvalue weighted by Gasteiger charge is -2.35. The van der Waals surface area contributed by atoms with Crippen molar-refractivity contribution < 1.29 is 17.9 Å². The predicted octanol–water partition coefficient (Wildman–Crippen LogP) is 2.50. The Bertz CT molecular complexity index is 731. The second kappa shape index (κ2) is 8.50. The van der Waals surface area contributed by atoms with Crippen LogP contribution in [0.25, 0.3) is 0 Å². The van der Waals surface area contributed by atoms with Crippen LogP contribution >= 0.6 is 0 Å². The summed E-state index contributed by atoms with van der Waals surface area (Å²) in [6.45, 7) is 2.70. The van der Waals surface area contributed by atoms with Gasteiger partial charge in [0.15, 0.2) is 0 Å². The van der Waals surface area contributed by atoms with Gasteiger partial charge in [-0.1, -0.05) is 12.5 Å². The fourth-order valence-electron chi connectivity index (χ4n) is 3.67. The summed E-state index contributed by atoms with van der Waals surface area (Å²) in [5, 5.41) is 0. The molecule has 2 aliphatic heterocycles. The maximum absolute atomic E-state index is 13.2. The predicted molar refractivity (Wildman–Crippen MR) is 99.6 cm³/mol. The van der Waals surface area contributed by atoms with Crippen molar-refractivity contribution in [2.75, 3.05) is 33.4 Å². The average molecular weight is 381 g/mol. The van der Waals surface area contributed by atoms with Crippen LogP contribution in [0.3, 0.4) is 0 Å². The number of hydrogen-bond donors (Lipinski definition) is 0. The van der Waals surface area contributed by atoms with E-state index in [0.717, 1.165) is 51.6 Å². The first-order chi connectivity index (χ1) is 12.5. The summed E-state index contributed by atoms with van der Waals surface area (Å²) in [5.74, 6) is -0.0800. The molecule has 2 aliphatic rings. The lowest BCUT2D eigenvalue weighted by molar-refractivity contribution is 0.0651. The van der Waals surface area contributed by atoms with Crippen molar-refractivity contribution in [3.8, 4) is 0 Å². The van der Waals surface area contributed by atoms with Crippen LogP contribution in [-0.4, -0.2) is 62.9 Å². The highest BCUT2D eigenvalue weighted by molar-refractivity contribution is 7.89. The number of hydrogen-bond acceptors (Lipinski definition) is 4. The smallest absolute Gasteiger partial charge is 0.253 e. The molecule has 0 aromatic heterocycles. The normalized spacial score (nSPS) is 21.4. The van der Waals surface area contributed by atoms with Crippen molar-refractivity contribution in [3.05, 3.63) is 29.8 Å². The van der Waals surface area contributed by atoms with Gasteiger partial charge in [0.25, 0.3) is 5.91 Å². The van der Waals surface area contributed by atoms with E-state index < -0.39 is 10.0 Å². The standard InChI is InChI=1S/C19H28N2O4S/c1-25-14-5-9-17-8-2-3-13-21(17)26(23,24)18-10-4-7-16(15-18)19(22)20-11-6-12-20/h4,7,10,15,17H,2-3,5-6,8-9,11-14H2,1H3. The molecule has 2 heterocycles. The van der Waals surface area contributed by atoms with E-state index in [4.69, 9.17) is 4.74 Å². The van der Waals surface area contributed by atoms with Gasteiger partial charge >= 0.3 is 0 Å². The number of amides is 1. The molecule has 0 saturated carbocycles. The number of carbonyl (C=O) groups is 1. The van der Waals surface area contributed by atoms with Crippen LogP contribution in [0.15, 0.2) is 29.2 Å². The zero-order valence-electron chi connectivity index (χ0n) is 15.4. The lowest BCUT2D eigenvalue weighted by Crippen LogP contribution is -2.44. The number of piperidine rings is 1. The SMILES string of the molecule is COCCCC1CCCCN1S(=O)(=O)c1cccc(C(=O)N2CCC2)c1. The van der Waals surface area contributed by atoms with E-state index in [2.05, 4.69) is 0 Å². The molecule has 1 amide bonds. The van der Waals surface area contributed by atoms with Gasteiger partial charge in [-0.2, -0.15) is 4.31 Å². The number of ether oxygens (including phenoxy) is 1. The molecule has 2 fully saturated rings. The quantitative estimate of drug-likeness (QED) is 0.682. The topological polar surface area (TPSA) is 66.9 Å². The highest BCUT2D eigenvalue weighted by atomic mass is 32.2. The van der Waals surface area contributed by atoms with E-state index in [1.54, 1.807) is 34.5 Å². The zero-order chi connectivity index (χ0) is 18.6. The third-order valence-electron chi connectivity index (χ3n) is 5.29. The van der Waals surface area contributed by atoms with Crippen LogP contribution in [0.2, 0.25) is 0 Å². The van der Waals surface area contributed by atoms with Crippen molar-refractivity contribution >= 4 is 15.9 Å². The Labute approximate surface area is 156 Å². The highest BCUT2D eigenvalue weighted by Gasteiger charge is 2.33. The van der Waals surface area contributed by atoms with Gasteiger partial charge in [0.2, 0.25) is 10.0 Å². The Kier molecular flexibility index (Phi) is 6.32. The minimum Gasteiger partial charge on any atom is -0.385 e. The van der Waals surface area contributed by atoms with E-state index in [9.17, 15) is 13.2 Å². The Balaban J connectivity index is 1.80. The Morgan fingerprint density at radius 1 is 1.19 bits per heavy atom. The first-order valence-corrected chi connectivity index (χ1v) is 10.9. The summed E-state index contributed by atoms with van der Waals surface area (Å²) in [5.41, 5.74) is 0.457. The van der Waals surface area contributed by atoms with Crippen LogP contribution in [0.5, 0.6) is 0 Å². The molecule has 26 heavy (non-hydrogen) atoms. The largest absolute Gasteiger partial charge is 0.385 e. The summed E-state index contributed by atoms with van der Waals surface area (Å²) in [6, 6.07) is 6.52. The van der Waals surface area contributed by atoms with E-state index in [0.29, 0.717) is 18.7 Å². The lowest BCUT2D eigenvalue weighted by atomic mass is 10.0. The van der Waals surface area contributed by atoms with E-state index in [-0.39, 0.29) is 16.8 Å². The van der Waals surface area contributed by atoms with E-state index in [1.165, 1.54) is 6.07 Å². The summed E-state index contributed by atoms with van der Waals surface area (Å²) in [7, 11) is -1.93. The molecule has 3 rings (SSSR count). The first kappa shape index (κ1) is 19.3. The number of nitrogens with zero attached hydrogens (tertiary/aromatic N) is 2. The molecule has 0 bridgehead atoms. The van der Waals surface area contributed by atoms with Crippen molar-refractivity contribution in [2.24, 2.45) is 0 Å². The molecule has 1 unspecified atom stereocenters. The Hall–Kier alpha value is -1.44. The van der Waals surface area contributed by atoms with Crippen LogP contribution in [-0.2, 0) is 14.8 Å². The highest BCUT2D eigenvalue weighted by Crippen LogP contribution is 2.28. The molecule has 144 valence electrons. The van der Waals surface area contributed by atoms with Crippen LogP contribution in [0, 0.1) is 0 Å². The minimum atomic E-state index is -3.60. The fourth-order valence-corrected chi connectivity index (χ4v) is 5.44. The molecule has 0 aliphatic carbocycles. The van der Waals surface area contributed by atoms with Gasteiger partial charge < -0.3 is 9.64 Å². The van der Waals surface area contributed by atoms with Crippen LogP contribution < -0.4 is 0 Å². The van der Waals surface area contributed by atoms with E-state index in [1.807, 2.05) is 0 Å². The maximum atomic E-state index is 13.2. The molecule has 1 aromatic rings. The van der Waals surface area contributed by atoms with Crippen molar-refractivity contribution in [1.29, 1.82) is 0 Å². The van der Waals surface area contributed by atoms with Crippen LogP contribution in [0.1, 0.15) is 48.9 Å². The Morgan fingerprint density at radius 2 is 2.00 bits per heavy atom. The van der Waals surface area contributed by atoms with Gasteiger partial charge in [-0.05, 0) is 50.3 Å². The third kappa shape index (κ3) is 4.10. The third-order valence-corrected chi connectivity index (χ3v) is 7.24. The Morgan fingerprint density at radius 3 is 2.69 bits per heavy atom. The number of methoxy groups -OCH3 is 1. The monoisotopic (exact) mass is 380 g/mol. The number of carbonyl (C=O) groups excluding carboxylic acids is 1. The van der Waals surface area contributed by atoms with Gasteiger partial charge in [-0.15, -0.1) is 0 Å². The molecule has 0 spiro atoms. The van der Waals surface area contributed by atoms with Gasteiger partial charge in [0.1, 0.15) is 0 Å². The fraction of sp³-hybridized carbons (Fsp3) is 0.632. The van der Waals surface area contributed by atoms with Crippen molar-refractivity contribution in [3.63, 3.8) is 0 Å². The minimum absolute atomic E-state index is 0.0126. The van der Waals surface area contributed by atoms with Crippen molar-refractivity contribution in [2.45, 2.75) is 49.5 Å². The summed E-state index contributed by atoms with van der Waals surface area (Å²) in [4.78, 5) is 14.4. The molecular formula is C19H28N2O4S. The summed E-state index contributed by atoms with van der Waals surface area (Å²) >= 11 is 0. The van der Waals surface area contributed by atoms with Gasteiger partial charge in [0, 0.05) is 45.0 Å². The first-order valence-electron chi connectivity index (χ1n) is 9.44. The molecule has 0 N–H and O–H groups in total. The summed E-state index contributed by atoms with van der Waals surface area (Å²) < 4.78 is 33.2. The number of benzene rings is 1. The second-order valence-electron chi connectivity index (χ2n) is 7.07. The van der Waals surface area contributed by atoms with Gasteiger partial charge in [-0.25, -0.2) is 8.42 Å². The zero-order valence-corrected chi connectivity index (χ0v) is 16.2. The molecule has 1 atom stereocenters. The maximum Gasteiger partial charge on any atom is 0.253 e. The number of sulfonamides is 1. The molecule has 2 saturated heterocycles. The summed E-state index contributed by atoms with van der Waals surface area (Å²) in [6.07, 6.45) is 5.49. The number of rotatable bonds is 7. The van der Waals surface area contributed by atoms with Crippen molar-refractivity contribution in [1.82, 2.24) is 9.21 Å². The van der Waals surface area contributed by atoms with Gasteiger partial charge in [0.05, 0.1) is 4.90 Å². The molecule has 0 radical (unpaired) electrons. The number of likely N-dealkylation sites (tertiary alicyclic amines) is 1.